The van der Waals surface area contributed by atoms with Gasteiger partial charge in [0.05, 0.1) is 12.0 Å². The minimum atomic E-state index is -0.0181. The lowest BCUT2D eigenvalue weighted by Crippen LogP contribution is -2.44. The summed E-state index contributed by atoms with van der Waals surface area (Å²) in [4.78, 5) is 15.8. The number of hydrogen-bond donors (Lipinski definition) is 1. The number of carbonyl (C=O) groups is 1. The highest BCUT2D eigenvalue weighted by Gasteiger charge is 2.16. The van der Waals surface area contributed by atoms with E-state index in [4.69, 9.17) is 0 Å². The van der Waals surface area contributed by atoms with Gasteiger partial charge in [0.2, 0.25) is 5.91 Å². The van der Waals surface area contributed by atoms with E-state index >= 15 is 0 Å². The molecule has 0 aromatic heterocycles. The van der Waals surface area contributed by atoms with E-state index in [-0.39, 0.29) is 5.91 Å². The Morgan fingerprint density at radius 1 is 1.18 bits per heavy atom. The minimum Gasteiger partial charge on any atom is -0.369 e. The largest absolute Gasteiger partial charge is 0.369 e. The van der Waals surface area contributed by atoms with Crippen LogP contribution in [0.4, 0.5) is 5.69 Å². The molecule has 1 amide bonds. The van der Waals surface area contributed by atoms with E-state index in [1.165, 1.54) is 17.4 Å². The number of nitrogens with zero attached hydrogens (tertiary/aromatic N) is 4. The van der Waals surface area contributed by atoms with Crippen LogP contribution in [0.1, 0.15) is 5.56 Å². The molecule has 6 nitrogen and oxygen atoms in total. The van der Waals surface area contributed by atoms with E-state index in [1.54, 1.807) is 6.21 Å². The molecule has 2 heterocycles. The second kappa shape index (κ2) is 6.93. The summed E-state index contributed by atoms with van der Waals surface area (Å²) in [6, 6.07) is 8.31. The summed E-state index contributed by atoms with van der Waals surface area (Å²) in [7, 11) is 2.16. The van der Waals surface area contributed by atoms with Crippen molar-refractivity contribution >= 4 is 34.7 Å². The van der Waals surface area contributed by atoms with Gasteiger partial charge in [-0.05, 0) is 24.7 Å². The fourth-order valence-corrected chi connectivity index (χ4v) is 2.99. The number of rotatable bonds is 3. The highest BCUT2D eigenvalue weighted by molar-refractivity contribution is 8.15. The Morgan fingerprint density at radius 2 is 1.91 bits per heavy atom. The number of carbonyl (C=O) groups excluding carboxylic acids is 1. The van der Waals surface area contributed by atoms with Crippen molar-refractivity contribution < 1.29 is 4.79 Å². The number of benzene rings is 1. The summed E-state index contributed by atoms with van der Waals surface area (Å²) in [6.45, 7) is 4.33. The first-order valence-electron chi connectivity index (χ1n) is 7.28. The zero-order valence-electron chi connectivity index (χ0n) is 12.5. The predicted molar refractivity (Wildman–Crippen MR) is 91.8 cm³/mol. The highest BCUT2D eigenvalue weighted by Crippen LogP contribution is 2.16. The van der Waals surface area contributed by atoms with Gasteiger partial charge >= 0.3 is 0 Å². The quantitative estimate of drug-likeness (QED) is 0.667. The first-order valence-corrected chi connectivity index (χ1v) is 8.26. The van der Waals surface area contributed by atoms with Gasteiger partial charge in [0.25, 0.3) is 0 Å². The van der Waals surface area contributed by atoms with Gasteiger partial charge in [-0.25, -0.2) is 0 Å². The number of amidine groups is 1. The van der Waals surface area contributed by atoms with Crippen molar-refractivity contribution in [2.75, 3.05) is 43.9 Å². The number of nitrogens with one attached hydrogen (secondary N) is 1. The molecule has 0 saturated carbocycles. The van der Waals surface area contributed by atoms with Gasteiger partial charge in [-0.3, -0.25) is 4.79 Å². The third-order valence-corrected chi connectivity index (χ3v) is 4.57. The van der Waals surface area contributed by atoms with Crippen LogP contribution in [0, 0.1) is 0 Å². The summed E-state index contributed by atoms with van der Waals surface area (Å²) in [6.07, 6.45) is 1.70. The molecule has 1 aromatic rings. The Bertz CT molecular complexity index is 590. The normalized spacial score (nSPS) is 21.8. The van der Waals surface area contributed by atoms with Crippen molar-refractivity contribution in [2.24, 2.45) is 10.2 Å². The van der Waals surface area contributed by atoms with Crippen LogP contribution in [0.5, 0.6) is 0 Å². The van der Waals surface area contributed by atoms with Crippen molar-refractivity contribution in [2.45, 2.75) is 0 Å². The van der Waals surface area contributed by atoms with Crippen molar-refractivity contribution in [3.8, 4) is 0 Å². The van der Waals surface area contributed by atoms with E-state index in [0.29, 0.717) is 10.9 Å². The average Bonchev–Trinajstić information content (AvgIpc) is 2.94. The molecule has 0 atom stereocenters. The van der Waals surface area contributed by atoms with Crippen molar-refractivity contribution in [3.63, 3.8) is 0 Å². The average molecular weight is 317 g/mol. The molecule has 2 aliphatic heterocycles. The first kappa shape index (κ1) is 15.1. The SMILES string of the molecule is CN1CCN(c2ccc(C=NN=C3NC(=O)CS3)cc2)CC1. The molecular weight excluding hydrogens is 298 g/mol. The summed E-state index contributed by atoms with van der Waals surface area (Å²) >= 11 is 1.37. The first-order chi connectivity index (χ1) is 10.7. The number of hydrogen-bond acceptors (Lipinski definition) is 6. The summed E-state index contributed by atoms with van der Waals surface area (Å²) < 4.78 is 0. The third kappa shape index (κ3) is 3.86. The molecule has 1 N–H and O–H groups in total. The molecule has 116 valence electrons. The van der Waals surface area contributed by atoms with E-state index < -0.39 is 0 Å². The van der Waals surface area contributed by atoms with Gasteiger partial charge in [0, 0.05) is 31.9 Å². The Morgan fingerprint density at radius 3 is 2.55 bits per heavy atom. The van der Waals surface area contributed by atoms with Crippen molar-refractivity contribution in [1.82, 2.24) is 10.2 Å². The molecule has 7 heteroatoms. The number of piperazine rings is 1. The van der Waals surface area contributed by atoms with Crippen LogP contribution in [0.25, 0.3) is 0 Å². The second-order valence-corrected chi connectivity index (χ2v) is 6.33. The highest BCUT2D eigenvalue weighted by atomic mass is 32.2. The van der Waals surface area contributed by atoms with Gasteiger partial charge in [0.15, 0.2) is 5.17 Å². The standard InChI is InChI=1S/C15H19N5OS/c1-19-6-8-20(9-7-19)13-4-2-12(3-5-13)10-16-18-15-17-14(21)11-22-15/h2-5,10H,6-9,11H2,1H3,(H,17,18,21). The number of thioether (sulfide) groups is 1. The molecule has 2 saturated heterocycles. The lowest BCUT2D eigenvalue weighted by atomic mass is 10.2. The van der Waals surface area contributed by atoms with Crippen LogP contribution < -0.4 is 10.2 Å². The minimum absolute atomic E-state index is 0.0181. The number of amides is 1. The molecule has 3 rings (SSSR count). The second-order valence-electron chi connectivity index (χ2n) is 5.37. The zero-order chi connectivity index (χ0) is 15.4. The van der Waals surface area contributed by atoms with Crippen molar-refractivity contribution in [3.05, 3.63) is 29.8 Å². The third-order valence-electron chi connectivity index (χ3n) is 3.70. The van der Waals surface area contributed by atoms with E-state index in [1.807, 2.05) is 12.1 Å². The van der Waals surface area contributed by atoms with Crippen LogP contribution in [0.2, 0.25) is 0 Å². The molecule has 0 spiro atoms. The zero-order valence-corrected chi connectivity index (χ0v) is 13.3. The monoisotopic (exact) mass is 317 g/mol. The van der Waals surface area contributed by atoms with E-state index in [2.05, 4.69) is 44.5 Å². The van der Waals surface area contributed by atoms with Crippen molar-refractivity contribution in [1.29, 1.82) is 0 Å². The van der Waals surface area contributed by atoms with Gasteiger partial charge in [-0.15, -0.1) is 5.10 Å². The van der Waals surface area contributed by atoms with Gasteiger partial charge in [-0.1, -0.05) is 23.9 Å². The number of likely N-dealkylation sites (N-methyl/N-ethyl adjacent to an activating group) is 1. The molecule has 1 aromatic carbocycles. The lowest BCUT2D eigenvalue weighted by molar-refractivity contribution is -0.116. The Balaban J connectivity index is 1.58. The molecule has 2 fully saturated rings. The van der Waals surface area contributed by atoms with E-state index in [0.717, 1.165) is 31.7 Å². The maximum Gasteiger partial charge on any atom is 0.236 e. The maximum atomic E-state index is 11.0. The van der Waals surface area contributed by atoms with Crippen LogP contribution in [-0.4, -0.2) is 61.2 Å². The fourth-order valence-electron chi connectivity index (χ4n) is 2.36. The Hall–Kier alpha value is -1.86. The maximum absolute atomic E-state index is 11.0. The lowest BCUT2D eigenvalue weighted by Gasteiger charge is -2.34. The number of anilines is 1. The molecule has 0 radical (unpaired) electrons. The Labute approximate surface area is 134 Å². The smallest absolute Gasteiger partial charge is 0.236 e. The molecule has 0 unspecified atom stereocenters. The van der Waals surface area contributed by atoms with Crippen LogP contribution >= 0.6 is 11.8 Å². The summed E-state index contributed by atoms with van der Waals surface area (Å²) in [5.41, 5.74) is 2.24. The molecule has 0 bridgehead atoms. The van der Waals surface area contributed by atoms with Gasteiger partial charge < -0.3 is 15.1 Å². The Kier molecular flexibility index (Phi) is 4.74. The fraction of sp³-hybridized carbons (Fsp3) is 0.400. The van der Waals surface area contributed by atoms with Crippen LogP contribution in [-0.2, 0) is 4.79 Å². The van der Waals surface area contributed by atoms with Gasteiger partial charge in [0.1, 0.15) is 0 Å². The van der Waals surface area contributed by atoms with E-state index in [9.17, 15) is 4.79 Å². The molecular formula is C15H19N5OS. The summed E-state index contributed by atoms with van der Waals surface area (Å²) in [5, 5.41) is 11.2. The molecule has 2 aliphatic rings. The van der Waals surface area contributed by atoms with Crippen LogP contribution in [0.15, 0.2) is 34.5 Å². The molecule has 0 aliphatic carbocycles. The summed E-state index contributed by atoms with van der Waals surface area (Å²) in [5.74, 6) is 0.407. The topological polar surface area (TPSA) is 60.3 Å². The van der Waals surface area contributed by atoms with Gasteiger partial charge in [-0.2, -0.15) is 5.10 Å². The predicted octanol–water partition coefficient (Wildman–Crippen LogP) is 0.991. The van der Waals surface area contributed by atoms with Crippen LogP contribution in [0.3, 0.4) is 0 Å². The molecule has 22 heavy (non-hydrogen) atoms.